The number of carbonyl (C=O) groups is 1. The lowest BCUT2D eigenvalue weighted by molar-refractivity contribution is 0.0955. The first-order valence-corrected chi connectivity index (χ1v) is 7.23. The fraction of sp³-hybridized carbons (Fsp3) is 0.222. The van der Waals surface area contributed by atoms with Gasteiger partial charge in [0.1, 0.15) is 11.5 Å². The molecule has 2 rings (SSSR count). The van der Waals surface area contributed by atoms with Gasteiger partial charge in [-0.05, 0) is 35.2 Å². The molecule has 120 valence electrons. The molecule has 0 aliphatic rings. The molecule has 0 atom stereocenters. The fourth-order valence-corrected chi connectivity index (χ4v) is 1.99. The molecule has 1 amide bonds. The number of carbonyl (C=O) groups excluding carboxylic acids is 1. The van der Waals surface area contributed by atoms with Gasteiger partial charge in [-0.15, -0.1) is 0 Å². The van der Waals surface area contributed by atoms with Gasteiger partial charge in [0, 0.05) is 17.2 Å². The summed E-state index contributed by atoms with van der Waals surface area (Å²) in [5.41, 5.74) is 4.48. The van der Waals surface area contributed by atoms with E-state index in [1.807, 2.05) is 12.1 Å². The molecule has 2 aromatic rings. The Labute approximate surface area is 135 Å². The number of aromatic hydroxyl groups is 2. The van der Waals surface area contributed by atoms with Crippen LogP contribution in [0.2, 0.25) is 0 Å². The molecule has 23 heavy (non-hydrogen) atoms. The molecule has 5 nitrogen and oxygen atoms in total. The first-order valence-electron chi connectivity index (χ1n) is 7.23. The summed E-state index contributed by atoms with van der Waals surface area (Å²) in [7, 11) is 0. The van der Waals surface area contributed by atoms with Crippen molar-refractivity contribution in [2.24, 2.45) is 5.10 Å². The summed E-state index contributed by atoms with van der Waals surface area (Å²) in [4.78, 5) is 12.0. The normalized spacial score (nSPS) is 11.6. The van der Waals surface area contributed by atoms with Crippen molar-refractivity contribution in [3.8, 4) is 11.5 Å². The van der Waals surface area contributed by atoms with E-state index in [1.165, 1.54) is 24.4 Å². The molecule has 0 aliphatic carbocycles. The zero-order valence-electron chi connectivity index (χ0n) is 13.4. The summed E-state index contributed by atoms with van der Waals surface area (Å²) in [6.45, 7) is 6.32. The molecule has 0 bridgehead atoms. The summed E-state index contributed by atoms with van der Waals surface area (Å²) in [5.74, 6) is -0.486. The lowest BCUT2D eigenvalue weighted by atomic mass is 9.87. The number of hydrogen-bond donors (Lipinski definition) is 3. The van der Waals surface area contributed by atoms with Gasteiger partial charge in [-0.2, -0.15) is 5.10 Å². The number of hydrazone groups is 1. The predicted molar refractivity (Wildman–Crippen MR) is 90.0 cm³/mol. The Balaban J connectivity index is 2.03. The largest absolute Gasteiger partial charge is 0.508 e. The van der Waals surface area contributed by atoms with Crippen LogP contribution < -0.4 is 5.43 Å². The second-order valence-corrected chi connectivity index (χ2v) is 6.27. The smallest absolute Gasteiger partial charge is 0.271 e. The molecule has 3 N–H and O–H groups in total. The maximum atomic E-state index is 12.0. The minimum absolute atomic E-state index is 0.0313. The van der Waals surface area contributed by atoms with Crippen molar-refractivity contribution in [2.45, 2.75) is 26.2 Å². The van der Waals surface area contributed by atoms with E-state index < -0.39 is 0 Å². The monoisotopic (exact) mass is 312 g/mol. The Hall–Kier alpha value is -2.82. The van der Waals surface area contributed by atoms with E-state index in [2.05, 4.69) is 31.3 Å². The van der Waals surface area contributed by atoms with Gasteiger partial charge in [-0.25, -0.2) is 5.43 Å². The highest BCUT2D eigenvalue weighted by Gasteiger charge is 2.14. The Morgan fingerprint density at radius 1 is 1.09 bits per heavy atom. The van der Waals surface area contributed by atoms with Gasteiger partial charge in [0.15, 0.2) is 0 Å². The summed E-state index contributed by atoms with van der Waals surface area (Å²) in [6.07, 6.45) is 1.32. The molecule has 0 saturated heterocycles. The molecule has 2 aromatic carbocycles. The molecular weight excluding hydrogens is 292 g/mol. The molecule has 0 aliphatic heterocycles. The van der Waals surface area contributed by atoms with E-state index in [-0.39, 0.29) is 22.8 Å². The second kappa shape index (κ2) is 6.52. The molecule has 0 saturated carbocycles. The van der Waals surface area contributed by atoms with E-state index in [9.17, 15) is 15.0 Å². The van der Waals surface area contributed by atoms with E-state index >= 15 is 0 Å². The molecule has 0 heterocycles. The minimum atomic E-state index is -0.333. The number of rotatable bonds is 3. The van der Waals surface area contributed by atoms with E-state index in [4.69, 9.17) is 0 Å². The number of nitrogens with one attached hydrogen (secondary N) is 1. The Bertz CT molecular complexity index is 729. The topological polar surface area (TPSA) is 81.9 Å². The molecule has 0 unspecified atom stereocenters. The predicted octanol–water partition coefficient (Wildman–Crippen LogP) is 3.16. The average Bonchev–Trinajstić information content (AvgIpc) is 2.48. The zero-order chi connectivity index (χ0) is 17.0. The van der Waals surface area contributed by atoms with Crippen LogP contribution in [0.5, 0.6) is 11.5 Å². The fourth-order valence-electron chi connectivity index (χ4n) is 1.99. The highest BCUT2D eigenvalue weighted by atomic mass is 16.3. The van der Waals surface area contributed by atoms with Gasteiger partial charge in [-0.1, -0.05) is 32.9 Å². The van der Waals surface area contributed by atoms with Crippen molar-refractivity contribution < 1.29 is 15.0 Å². The standard InChI is InChI=1S/C18H20N2O3/c1-18(2,3)14-7-4-12(5-8-14)17(23)20-19-11-13-6-9-15(21)10-16(13)22/h4-11,21-22H,1-3H3,(H,20,23)/b19-11+. The zero-order valence-corrected chi connectivity index (χ0v) is 13.4. The van der Waals surface area contributed by atoms with Gasteiger partial charge < -0.3 is 10.2 Å². The van der Waals surface area contributed by atoms with Gasteiger partial charge in [0.05, 0.1) is 6.21 Å². The van der Waals surface area contributed by atoms with Crippen LogP contribution in [0.1, 0.15) is 42.3 Å². The van der Waals surface area contributed by atoms with Crippen LogP contribution in [0.15, 0.2) is 47.6 Å². The van der Waals surface area contributed by atoms with Gasteiger partial charge >= 0.3 is 0 Å². The van der Waals surface area contributed by atoms with Crippen LogP contribution in [0.4, 0.5) is 0 Å². The van der Waals surface area contributed by atoms with Crippen LogP contribution in [0, 0.1) is 0 Å². The number of amides is 1. The van der Waals surface area contributed by atoms with Crippen LogP contribution >= 0.6 is 0 Å². The van der Waals surface area contributed by atoms with Crippen LogP contribution in [0.3, 0.4) is 0 Å². The third-order valence-corrected chi connectivity index (χ3v) is 3.40. The number of hydrogen-bond acceptors (Lipinski definition) is 4. The summed E-state index contributed by atoms with van der Waals surface area (Å²) in [6, 6.07) is 11.5. The van der Waals surface area contributed by atoms with Gasteiger partial charge in [0.25, 0.3) is 5.91 Å². The highest BCUT2D eigenvalue weighted by Crippen LogP contribution is 2.22. The van der Waals surface area contributed by atoms with Crippen molar-refractivity contribution in [2.75, 3.05) is 0 Å². The lowest BCUT2D eigenvalue weighted by Crippen LogP contribution is -2.18. The van der Waals surface area contributed by atoms with E-state index in [1.54, 1.807) is 12.1 Å². The van der Waals surface area contributed by atoms with E-state index in [0.29, 0.717) is 11.1 Å². The van der Waals surface area contributed by atoms with Crippen LogP contribution in [0.25, 0.3) is 0 Å². The number of phenols is 2. The third kappa shape index (κ3) is 4.32. The maximum Gasteiger partial charge on any atom is 0.271 e. The Kier molecular flexibility index (Phi) is 4.69. The molecule has 5 heteroatoms. The molecule has 0 spiro atoms. The minimum Gasteiger partial charge on any atom is -0.508 e. The van der Waals surface area contributed by atoms with Crippen LogP contribution in [-0.4, -0.2) is 22.3 Å². The second-order valence-electron chi connectivity index (χ2n) is 6.27. The van der Waals surface area contributed by atoms with Crippen molar-refractivity contribution in [1.82, 2.24) is 5.43 Å². The first kappa shape index (κ1) is 16.5. The summed E-state index contributed by atoms with van der Waals surface area (Å²) in [5, 5.41) is 22.6. The Morgan fingerprint density at radius 3 is 2.30 bits per heavy atom. The lowest BCUT2D eigenvalue weighted by Gasteiger charge is -2.18. The van der Waals surface area contributed by atoms with Crippen LogP contribution in [-0.2, 0) is 5.41 Å². The summed E-state index contributed by atoms with van der Waals surface area (Å²) >= 11 is 0. The Morgan fingerprint density at radius 2 is 1.74 bits per heavy atom. The molecular formula is C18H20N2O3. The third-order valence-electron chi connectivity index (χ3n) is 3.40. The first-order chi connectivity index (χ1) is 10.8. The van der Waals surface area contributed by atoms with Gasteiger partial charge in [-0.3, -0.25) is 4.79 Å². The average molecular weight is 312 g/mol. The summed E-state index contributed by atoms with van der Waals surface area (Å²) < 4.78 is 0. The maximum absolute atomic E-state index is 12.0. The molecule has 0 aromatic heterocycles. The van der Waals surface area contributed by atoms with Crippen molar-refractivity contribution in [3.63, 3.8) is 0 Å². The highest BCUT2D eigenvalue weighted by molar-refractivity contribution is 5.95. The SMILES string of the molecule is CC(C)(C)c1ccc(C(=O)N/N=C/c2ccc(O)cc2O)cc1. The van der Waals surface area contributed by atoms with Crippen molar-refractivity contribution >= 4 is 12.1 Å². The van der Waals surface area contributed by atoms with Crippen molar-refractivity contribution in [1.29, 1.82) is 0 Å². The van der Waals surface area contributed by atoms with Crippen molar-refractivity contribution in [3.05, 3.63) is 59.2 Å². The quantitative estimate of drug-likeness (QED) is 0.601. The molecule has 0 fully saturated rings. The van der Waals surface area contributed by atoms with E-state index in [0.717, 1.165) is 5.56 Å². The van der Waals surface area contributed by atoms with Gasteiger partial charge in [0.2, 0.25) is 0 Å². The number of phenolic OH excluding ortho intramolecular Hbond substituents is 2. The number of benzene rings is 2. The number of nitrogens with zero attached hydrogens (tertiary/aromatic N) is 1. The molecule has 0 radical (unpaired) electrons.